The van der Waals surface area contributed by atoms with Crippen LogP contribution in [0.2, 0.25) is 0 Å². The predicted molar refractivity (Wildman–Crippen MR) is 97.5 cm³/mol. The van der Waals surface area contributed by atoms with Gasteiger partial charge in [0.1, 0.15) is 5.82 Å². The summed E-state index contributed by atoms with van der Waals surface area (Å²) in [6.45, 7) is 0.427. The lowest BCUT2D eigenvalue weighted by Crippen LogP contribution is -2.22. The van der Waals surface area contributed by atoms with Crippen LogP contribution in [0.3, 0.4) is 0 Å². The first kappa shape index (κ1) is 15.4. The molecule has 1 aliphatic carbocycles. The van der Waals surface area contributed by atoms with Crippen LogP contribution in [0.1, 0.15) is 51.6 Å². The van der Waals surface area contributed by atoms with Crippen molar-refractivity contribution in [1.29, 1.82) is 0 Å². The molecule has 2 N–H and O–H groups in total. The number of nitrogens with zero attached hydrogens (tertiary/aromatic N) is 1. The molecule has 0 fully saturated rings. The number of imidazole rings is 1. The zero-order chi connectivity index (χ0) is 16.4. The summed E-state index contributed by atoms with van der Waals surface area (Å²) in [5, 5.41) is 2.99. The van der Waals surface area contributed by atoms with E-state index >= 15 is 0 Å². The van der Waals surface area contributed by atoms with Crippen LogP contribution in [0.4, 0.5) is 0 Å². The number of carbonyl (C=O) groups is 1. The molecular weight excluding hydrogens is 318 g/mol. The summed E-state index contributed by atoms with van der Waals surface area (Å²) in [6.07, 6.45) is 7.34. The van der Waals surface area contributed by atoms with Crippen molar-refractivity contribution in [2.45, 2.75) is 45.1 Å². The molecular formula is C19H21N3OS. The maximum atomic E-state index is 12.5. The maximum absolute atomic E-state index is 12.5. The van der Waals surface area contributed by atoms with Gasteiger partial charge in [0.25, 0.3) is 5.91 Å². The first-order valence-corrected chi connectivity index (χ1v) is 9.44. The highest BCUT2D eigenvalue weighted by Gasteiger charge is 2.16. The molecule has 24 heavy (non-hydrogen) atoms. The third-order valence-electron chi connectivity index (χ3n) is 4.58. The van der Waals surface area contributed by atoms with Gasteiger partial charge in [-0.25, -0.2) is 4.98 Å². The van der Waals surface area contributed by atoms with E-state index in [2.05, 4.69) is 21.4 Å². The number of benzene rings is 1. The molecule has 1 aliphatic rings. The van der Waals surface area contributed by atoms with Gasteiger partial charge in [-0.15, -0.1) is 11.3 Å². The lowest BCUT2D eigenvalue weighted by molar-refractivity contribution is 0.0954. The highest BCUT2D eigenvalue weighted by atomic mass is 32.1. The topological polar surface area (TPSA) is 57.8 Å². The number of amides is 1. The highest BCUT2D eigenvalue weighted by molar-refractivity contribution is 7.14. The fraction of sp³-hybridized carbons (Fsp3) is 0.368. The summed E-state index contributed by atoms with van der Waals surface area (Å²) < 4.78 is 0. The molecule has 4 nitrogen and oxygen atoms in total. The van der Waals surface area contributed by atoms with Gasteiger partial charge in [-0.2, -0.15) is 0 Å². The Morgan fingerprint density at radius 2 is 2.00 bits per heavy atom. The molecule has 0 atom stereocenters. The molecule has 5 heteroatoms. The molecule has 2 heterocycles. The van der Waals surface area contributed by atoms with Gasteiger partial charge >= 0.3 is 0 Å². The van der Waals surface area contributed by atoms with E-state index in [0.29, 0.717) is 6.54 Å². The third-order valence-corrected chi connectivity index (χ3v) is 5.81. The molecule has 0 radical (unpaired) electrons. The van der Waals surface area contributed by atoms with Crippen molar-refractivity contribution in [1.82, 2.24) is 15.3 Å². The fourth-order valence-corrected chi connectivity index (χ4v) is 4.47. The van der Waals surface area contributed by atoms with E-state index in [-0.39, 0.29) is 5.91 Å². The summed E-state index contributed by atoms with van der Waals surface area (Å²) in [5.41, 5.74) is 3.32. The van der Waals surface area contributed by atoms with Crippen molar-refractivity contribution < 1.29 is 4.79 Å². The van der Waals surface area contributed by atoms with E-state index in [9.17, 15) is 4.79 Å². The van der Waals surface area contributed by atoms with Gasteiger partial charge in [0.2, 0.25) is 0 Å². The smallest absolute Gasteiger partial charge is 0.261 e. The molecule has 0 aliphatic heterocycles. The van der Waals surface area contributed by atoms with Crippen molar-refractivity contribution >= 4 is 28.3 Å². The SMILES string of the molecule is O=C(NCc1nc2ccccc2[nH]1)c1cc2c(s1)CCCCCC2. The molecule has 0 spiro atoms. The summed E-state index contributed by atoms with van der Waals surface area (Å²) in [4.78, 5) is 22.5. The number of nitrogens with one attached hydrogen (secondary N) is 2. The van der Waals surface area contributed by atoms with Crippen LogP contribution in [0, 0.1) is 0 Å². The van der Waals surface area contributed by atoms with Gasteiger partial charge in [0, 0.05) is 4.88 Å². The summed E-state index contributed by atoms with van der Waals surface area (Å²) in [6, 6.07) is 10.00. The van der Waals surface area contributed by atoms with Gasteiger partial charge < -0.3 is 10.3 Å². The van der Waals surface area contributed by atoms with E-state index in [1.54, 1.807) is 11.3 Å². The third kappa shape index (κ3) is 3.22. The number of aromatic amines is 1. The Balaban J connectivity index is 1.45. The number of aryl methyl sites for hydroxylation is 2. The Morgan fingerprint density at radius 3 is 2.88 bits per heavy atom. The van der Waals surface area contributed by atoms with Crippen molar-refractivity contribution in [2.24, 2.45) is 0 Å². The number of H-pyrrole nitrogens is 1. The van der Waals surface area contributed by atoms with E-state index in [1.807, 2.05) is 24.3 Å². The Labute approximate surface area is 145 Å². The molecule has 0 saturated heterocycles. The lowest BCUT2D eigenvalue weighted by atomic mass is 10.00. The van der Waals surface area contributed by atoms with Gasteiger partial charge in [-0.05, 0) is 49.4 Å². The van der Waals surface area contributed by atoms with E-state index in [0.717, 1.165) is 34.6 Å². The largest absolute Gasteiger partial charge is 0.344 e. The molecule has 0 unspecified atom stereocenters. The van der Waals surface area contributed by atoms with E-state index in [1.165, 1.54) is 36.1 Å². The number of carbonyl (C=O) groups excluding carboxylic acids is 1. The van der Waals surface area contributed by atoms with Gasteiger partial charge in [0.05, 0.1) is 22.5 Å². The van der Waals surface area contributed by atoms with E-state index < -0.39 is 0 Å². The fourth-order valence-electron chi connectivity index (χ4n) is 3.30. The van der Waals surface area contributed by atoms with Crippen LogP contribution in [-0.2, 0) is 19.4 Å². The van der Waals surface area contributed by atoms with Gasteiger partial charge in [-0.1, -0.05) is 25.0 Å². The second-order valence-corrected chi connectivity index (χ2v) is 7.49. The minimum atomic E-state index is 0.00667. The van der Waals surface area contributed by atoms with Crippen molar-refractivity contribution in [3.05, 3.63) is 51.5 Å². The number of thiophene rings is 1. The molecule has 1 aromatic carbocycles. The Kier molecular flexibility index (Phi) is 4.34. The highest BCUT2D eigenvalue weighted by Crippen LogP contribution is 2.28. The Hall–Kier alpha value is -2.14. The van der Waals surface area contributed by atoms with Crippen LogP contribution >= 0.6 is 11.3 Å². The zero-order valence-corrected chi connectivity index (χ0v) is 14.4. The van der Waals surface area contributed by atoms with Crippen molar-refractivity contribution in [2.75, 3.05) is 0 Å². The van der Waals surface area contributed by atoms with Crippen LogP contribution in [-0.4, -0.2) is 15.9 Å². The predicted octanol–water partition coefficient (Wildman–Crippen LogP) is 4.21. The number of fused-ring (bicyclic) bond motifs is 2. The molecule has 4 rings (SSSR count). The van der Waals surface area contributed by atoms with Crippen molar-refractivity contribution in [3.63, 3.8) is 0 Å². The molecule has 1 amide bonds. The number of rotatable bonds is 3. The van der Waals surface area contributed by atoms with Gasteiger partial charge in [0.15, 0.2) is 0 Å². The molecule has 0 saturated carbocycles. The number of para-hydroxylation sites is 2. The average Bonchev–Trinajstić information content (AvgIpc) is 3.16. The molecule has 124 valence electrons. The van der Waals surface area contributed by atoms with Crippen LogP contribution in [0.25, 0.3) is 11.0 Å². The second kappa shape index (κ2) is 6.77. The summed E-state index contributed by atoms with van der Waals surface area (Å²) >= 11 is 1.66. The first-order valence-electron chi connectivity index (χ1n) is 8.63. The first-order chi connectivity index (χ1) is 11.8. The number of aromatic nitrogens is 2. The second-order valence-electron chi connectivity index (χ2n) is 6.36. The minimum Gasteiger partial charge on any atom is -0.344 e. The van der Waals surface area contributed by atoms with Gasteiger partial charge in [-0.3, -0.25) is 4.79 Å². The average molecular weight is 339 g/mol. The molecule has 2 aromatic heterocycles. The monoisotopic (exact) mass is 339 g/mol. The normalized spacial score (nSPS) is 14.8. The maximum Gasteiger partial charge on any atom is 0.261 e. The molecule has 0 bridgehead atoms. The lowest BCUT2D eigenvalue weighted by Gasteiger charge is -2.07. The number of hydrogen-bond acceptors (Lipinski definition) is 3. The minimum absolute atomic E-state index is 0.00667. The standard InChI is InChI=1S/C19H21N3OS/c23-19(17-11-13-7-3-1-2-4-10-16(13)24-17)20-12-18-21-14-8-5-6-9-15(14)22-18/h5-6,8-9,11H,1-4,7,10,12H2,(H,20,23)(H,21,22). The van der Waals surface area contributed by atoms with Crippen LogP contribution < -0.4 is 5.32 Å². The van der Waals surface area contributed by atoms with Crippen LogP contribution in [0.5, 0.6) is 0 Å². The zero-order valence-electron chi connectivity index (χ0n) is 13.6. The Bertz CT molecular complexity index is 806. The van der Waals surface area contributed by atoms with Crippen molar-refractivity contribution in [3.8, 4) is 0 Å². The van der Waals surface area contributed by atoms with E-state index in [4.69, 9.17) is 0 Å². The summed E-state index contributed by atoms with van der Waals surface area (Å²) in [5.74, 6) is 0.798. The quantitative estimate of drug-likeness (QED) is 0.751. The Morgan fingerprint density at radius 1 is 1.17 bits per heavy atom. The number of hydrogen-bond donors (Lipinski definition) is 2. The summed E-state index contributed by atoms with van der Waals surface area (Å²) in [7, 11) is 0. The van der Waals surface area contributed by atoms with Crippen LogP contribution in [0.15, 0.2) is 30.3 Å². The molecule has 3 aromatic rings.